The monoisotopic (exact) mass is 279 g/mol. The number of hydrogen-bond acceptors (Lipinski definition) is 3. The molecule has 2 rings (SSSR count). The van der Waals surface area contributed by atoms with E-state index in [1.165, 1.54) is 10.9 Å². The third-order valence-electron chi connectivity index (χ3n) is 2.76. The summed E-state index contributed by atoms with van der Waals surface area (Å²) in [6.07, 6.45) is 0. The predicted octanol–water partition coefficient (Wildman–Crippen LogP) is 3.22. The van der Waals surface area contributed by atoms with Crippen molar-refractivity contribution in [1.29, 1.82) is 0 Å². The topological polar surface area (TPSA) is 40.5 Å². The zero-order chi connectivity index (χ0) is 13.8. The quantitative estimate of drug-likeness (QED) is 0.913. The number of hydrogen-bond donors (Lipinski definition) is 1. The Labute approximate surface area is 114 Å². The molecule has 0 amide bonds. The smallest absolute Gasteiger partial charge is 0.338 e. The lowest BCUT2D eigenvalue weighted by molar-refractivity contribution is 0.0691. The molecule has 0 fully saturated rings. The van der Waals surface area contributed by atoms with Crippen LogP contribution in [0.1, 0.15) is 20.8 Å². The Kier molecular flexibility index (Phi) is 4.29. The molecule has 0 saturated carbocycles. The van der Waals surface area contributed by atoms with Crippen LogP contribution in [0.2, 0.25) is 0 Å². The highest BCUT2D eigenvalue weighted by Crippen LogP contribution is 2.17. The Balaban J connectivity index is 2.10. The molecule has 0 aliphatic carbocycles. The summed E-state index contributed by atoms with van der Waals surface area (Å²) in [6.45, 7) is 1.10. The standard InChI is InChI=1S/C14H14FNO2S/c1-16(9-11-5-3-7-19-11)8-10-4-2-6-12(13(10)15)14(17)18/h2-7H,8-9H2,1H3,(H,17,18). The van der Waals surface area contributed by atoms with Crippen LogP contribution in [-0.2, 0) is 13.1 Å². The van der Waals surface area contributed by atoms with Gasteiger partial charge in [0.05, 0.1) is 5.56 Å². The van der Waals surface area contributed by atoms with Gasteiger partial charge >= 0.3 is 5.97 Å². The molecule has 1 aromatic heterocycles. The van der Waals surface area contributed by atoms with Crippen molar-refractivity contribution in [2.75, 3.05) is 7.05 Å². The molecular weight excluding hydrogens is 265 g/mol. The van der Waals surface area contributed by atoms with Gasteiger partial charge in [0.25, 0.3) is 0 Å². The first-order valence-corrected chi connectivity index (χ1v) is 6.67. The molecule has 1 heterocycles. The molecular formula is C14H14FNO2S. The number of aromatic carboxylic acids is 1. The van der Waals surface area contributed by atoms with Gasteiger partial charge in [-0.05, 0) is 24.6 Å². The summed E-state index contributed by atoms with van der Waals surface area (Å²) in [5.74, 6) is -1.88. The zero-order valence-corrected chi connectivity index (χ0v) is 11.3. The van der Waals surface area contributed by atoms with E-state index >= 15 is 0 Å². The molecule has 5 heteroatoms. The van der Waals surface area contributed by atoms with Crippen LogP contribution >= 0.6 is 11.3 Å². The minimum Gasteiger partial charge on any atom is -0.478 e. The number of thiophene rings is 1. The van der Waals surface area contributed by atoms with Crippen LogP contribution in [0.15, 0.2) is 35.7 Å². The molecule has 1 N–H and O–H groups in total. The third kappa shape index (κ3) is 3.39. The molecule has 2 aromatic rings. The SMILES string of the molecule is CN(Cc1cccs1)Cc1cccc(C(=O)O)c1F. The van der Waals surface area contributed by atoms with Crippen LogP contribution in [-0.4, -0.2) is 23.0 Å². The molecule has 0 atom stereocenters. The summed E-state index contributed by atoms with van der Waals surface area (Å²) in [5, 5.41) is 10.9. The molecule has 0 aliphatic heterocycles. The molecule has 0 radical (unpaired) electrons. The van der Waals surface area contributed by atoms with Crippen LogP contribution in [0.5, 0.6) is 0 Å². The van der Waals surface area contributed by atoms with Gasteiger partial charge in [0.1, 0.15) is 5.82 Å². The van der Waals surface area contributed by atoms with E-state index in [1.807, 2.05) is 29.5 Å². The number of carboxylic acids is 1. The maximum absolute atomic E-state index is 14.0. The summed E-state index contributed by atoms with van der Waals surface area (Å²) in [6, 6.07) is 8.46. The number of carboxylic acid groups (broad SMARTS) is 1. The van der Waals surface area contributed by atoms with E-state index < -0.39 is 11.8 Å². The summed E-state index contributed by atoms with van der Waals surface area (Å²) in [5.41, 5.74) is 0.126. The van der Waals surface area contributed by atoms with Crippen LogP contribution in [0.25, 0.3) is 0 Å². The number of carbonyl (C=O) groups is 1. The minimum atomic E-state index is -1.24. The maximum atomic E-state index is 14.0. The molecule has 3 nitrogen and oxygen atoms in total. The Morgan fingerprint density at radius 2 is 2.11 bits per heavy atom. The third-order valence-corrected chi connectivity index (χ3v) is 3.62. The van der Waals surface area contributed by atoms with Crippen molar-refractivity contribution in [3.05, 3.63) is 57.5 Å². The second-order valence-electron chi connectivity index (χ2n) is 4.34. The highest BCUT2D eigenvalue weighted by molar-refractivity contribution is 7.09. The van der Waals surface area contributed by atoms with Crippen molar-refractivity contribution in [1.82, 2.24) is 4.90 Å². The van der Waals surface area contributed by atoms with Gasteiger partial charge in [0.15, 0.2) is 0 Å². The normalized spacial score (nSPS) is 10.9. The van der Waals surface area contributed by atoms with Crippen LogP contribution in [0.3, 0.4) is 0 Å². The van der Waals surface area contributed by atoms with Gasteiger partial charge in [-0.25, -0.2) is 9.18 Å². The first kappa shape index (κ1) is 13.7. The molecule has 0 unspecified atom stereocenters. The van der Waals surface area contributed by atoms with Gasteiger partial charge in [0, 0.05) is 23.5 Å². The number of nitrogens with zero attached hydrogens (tertiary/aromatic N) is 1. The van der Waals surface area contributed by atoms with Crippen LogP contribution in [0.4, 0.5) is 4.39 Å². The molecule has 19 heavy (non-hydrogen) atoms. The lowest BCUT2D eigenvalue weighted by atomic mass is 10.1. The number of rotatable bonds is 5. The van der Waals surface area contributed by atoms with Gasteiger partial charge in [-0.15, -0.1) is 11.3 Å². The highest BCUT2D eigenvalue weighted by atomic mass is 32.1. The van der Waals surface area contributed by atoms with Crippen LogP contribution < -0.4 is 0 Å². The van der Waals surface area contributed by atoms with Gasteiger partial charge in [-0.2, -0.15) is 0 Å². The maximum Gasteiger partial charge on any atom is 0.338 e. The van der Waals surface area contributed by atoms with Crippen molar-refractivity contribution in [2.45, 2.75) is 13.1 Å². The molecule has 0 spiro atoms. The van der Waals surface area contributed by atoms with Crippen molar-refractivity contribution >= 4 is 17.3 Å². The lowest BCUT2D eigenvalue weighted by Gasteiger charge is -2.16. The fraction of sp³-hybridized carbons (Fsp3) is 0.214. The van der Waals surface area contributed by atoms with Gasteiger partial charge in [-0.1, -0.05) is 18.2 Å². The predicted molar refractivity (Wildman–Crippen MR) is 72.8 cm³/mol. The molecule has 0 saturated heterocycles. The Bertz CT molecular complexity index is 569. The van der Waals surface area contributed by atoms with E-state index in [2.05, 4.69) is 0 Å². The van der Waals surface area contributed by atoms with Gasteiger partial charge < -0.3 is 5.11 Å². The second-order valence-corrected chi connectivity index (χ2v) is 5.37. The Morgan fingerprint density at radius 3 is 2.74 bits per heavy atom. The fourth-order valence-electron chi connectivity index (χ4n) is 1.88. The van der Waals surface area contributed by atoms with Crippen molar-refractivity contribution in [3.8, 4) is 0 Å². The first-order chi connectivity index (χ1) is 9.08. The van der Waals surface area contributed by atoms with E-state index in [0.717, 1.165) is 0 Å². The molecule has 1 aromatic carbocycles. The molecule has 0 aliphatic rings. The highest BCUT2D eigenvalue weighted by Gasteiger charge is 2.14. The first-order valence-electron chi connectivity index (χ1n) is 5.79. The minimum absolute atomic E-state index is 0.276. The largest absolute Gasteiger partial charge is 0.478 e. The summed E-state index contributed by atoms with van der Waals surface area (Å²) < 4.78 is 14.0. The summed E-state index contributed by atoms with van der Waals surface area (Å²) in [7, 11) is 1.88. The van der Waals surface area contributed by atoms with Gasteiger partial charge in [-0.3, -0.25) is 4.90 Å². The average molecular weight is 279 g/mol. The van der Waals surface area contributed by atoms with E-state index in [0.29, 0.717) is 18.7 Å². The zero-order valence-electron chi connectivity index (χ0n) is 10.5. The van der Waals surface area contributed by atoms with E-state index in [1.54, 1.807) is 23.5 Å². The van der Waals surface area contributed by atoms with Crippen molar-refractivity contribution in [2.24, 2.45) is 0 Å². The average Bonchev–Trinajstić information content (AvgIpc) is 2.84. The second kappa shape index (κ2) is 5.95. The lowest BCUT2D eigenvalue weighted by Crippen LogP contribution is -2.18. The summed E-state index contributed by atoms with van der Waals surface area (Å²) in [4.78, 5) is 14.0. The molecule has 0 bridgehead atoms. The van der Waals surface area contributed by atoms with Crippen LogP contribution in [0, 0.1) is 5.82 Å². The van der Waals surface area contributed by atoms with Crippen molar-refractivity contribution < 1.29 is 14.3 Å². The van der Waals surface area contributed by atoms with E-state index in [9.17, 15) is 9.18 Å². The van der Waals surface area contributed by atoms with Crippen molar-refractivity contribution in [3.63, 3.8) is 0 Å². The molecule has 100 valence electrons. The summed E-state index contributed by atoms with van der Waals surface area (Å²) >= 11 is 1.64. The van der Waals surface area contributed by atoms with E-state index in [-0.39, 0.29) is 5.56 Å². The number of benzene rings is 1. The Morgan fingerprint density at radius 1 is 1.32 bits per heavy atom. The number of halogens is 1. The Hall–Kier alpha value is -1.72. The fourth-order valence-corrected chi connectivity index (χ4v) is 2.67. The van der Waals surface area contributed by atoms with E-state index in [4.69, 9.17) is 5.11 Å². The van der Waals surface area contributed by atoms with Gasteiger partial charge in [0.2, 0.25) is 0 Å².